The molecule has 2 heterocycles. The number of nitrogens with one attached hydrogen (secondary N) is 1. The second-order valence-corrected chi connectivity index (χ2v) is 7.05. The van der Waals surface area contributed by atoms with Gasteiger partial charge in [0.2, 0.25) is 0 Å². The summed E-state index contributed by atoms with van der Waals surface area (Å²) in [7, 11) is 1.32. The maximum Gasteiger partial charge on any atom is 0.586 e. The van der Waals surface area contributed by atoms with E-state index in [1.165, 1.54) is 30.6 Å². The Kier molecular flexibility index (Phi) is 5.48. The fraction of sp³-hybridized carbons (Fsp3) is 0.158. The van der Waals surface area contributed by atoms with Crippen LogP contribution >= 0.6 is 11.3 Å². The molecule has 0 radical (unpaired) electrons. The number of alkyl halides is 2. The Morgan fingerprint density at radius 2 is 2.03 bits per heavy atom. The average molecular weight is 465 g/mol. The van der Waals surface area contributed by atoms with E-state index in [1.54, 1.807) is 10.9 Å². The van der Waals surface area contributed by atoms with Crippen molar-refractivity contribution in [1.29, 1.82) is 0 Å². The smallest absolute Gasteiger partial charge is 0.493 e. The highest BCUT2D eigenvalue weighted by molar-refractivity contribution is 7.07. The summed E-state index contributed by atoms with van der Waals surface area (Å²) < 4.78 is 45.8. The van der Waals surface area contributed by atoms with Gasteiger partial charge in [-0.1, -0.05) is 0 Å². The van der Waals surface area contributed by atoms with Crippen LogP contribution in [0.2, 0.25) is 0 Å². The van der Waals surface area contributed by atoms with Crippen LogP contribution in [-0.2, 0) is 6.61 Å². The molecule has 3 aromatic rings. The molecule has 4 rings (SSSR count). The number of nitrogens with zero attached hydrogens (tertiary/aromatic N) is 2. The van der Waals surface area contributed by atoms with Crippen molar-refractivity contribution in [3.63, 3.8) is 0 Å². The minimum atomic E-state index is -3.81. The summed E-state index contributed by atoms with van der Waals surface area (Å²) in [6.07, 6.45) is -3.81. The SMILES string of the molecule is COc1cc(C(=O)Nc2ccc3c(c2)OC(F)(F)O3)c([N+](=O)[O-])cc1OCc1cscn1. The first-order chi connectivity index (χ1) is 15.3. The number of thiazole rings is 1. The first kappa shape index (κ1) is 21.2. The number of benzene rings is 2. The number of methoxy groups -OCH3 is 1. The highest BCUT2D eigenvalue weighted by Gasteiger charge is 2.43. The van der Waals surface area contributed by atoms with Crippen LogP contribution < -0.4 is 24.3 Å². The molecule has 2 aromatic carbocycles. The average Bonchev–Trinajstić information content (AvgIpc) is 3.37. The molecule has 0 spiro atoms. The standard InChI is InChI=1S/C19H13F2N3O7S/c1-28-15-5-12(13(24(26)27)6-16(15)29-7-11-8-32-9-22-11)18(25)23-10-2-3-14-17(4-10)31-19(20,21)30-14/h2-6,8-9H,7H2,1H3,(H,23,25). The predicted molar refractivity (Wildman–Crippen MR) is 107 cm³/mol. The summed E-state index contributed by atoms with van der Waals surface area (Å²) in [6, 6.07) is 5.81. The quantitative estimate of drug-likeness (QED) is 0.407. The van der Waals surface area contributed by atoms with E-state index in [9.17, 15) is 23.7 Å². The topological polar surface area (TPSA) is 122 Å². The summed E-state index contributed by atoms with van der Waals surface area (Å²) >= 11 is 1.37. The monoisotopic (exact) mass is 465 g/mol. The van der Waals surface area contributed by atoms with Crippen molar-refractivity contribution in [3.05, 3.63) is 62.6 Å². The largest absolute Gasteiger partial charge is 0.586 e. The molecule has 1 amide bonds. The van der Waals surface area contributed by atoms with Crippen molar-refractivity contribution in [2.75, 3.05) is 12.4 Å². The minimum Gasteiger partial charge on any atom is -0.493 e. The number of carbonyl (C=O) groups is 1. The van der Waals surface area contributed by atoms with Gasteiger partial charge in [-0.3, -0.25) is 14.9 Å². The molecule has 10 nitrogen and oxygen atoms in total. The second-order valence-electron chi connectivity index (χ2n) is 6.33. The van der Waals surface area contributed by atoms with Gasteiger partial charge in [-0.15, -0.1) is 20.1 Å². The van der Waals surface area contributed by atoms with E-state index >= 15 is 0 Å². The maximum atomic E-state index is 13.2. The number of halogens is 2. The van der Waals surface area contributed by atoms with Gasteiger partial charge in [-0.05, 0) is 12.1 Å². The van der Waals surface area contributed by atoms with E-state index in [4.69, 9.17) is 9.47 Å². The third-order valence-corrected chi connectivity index (χ3v) is 4.88. The molecule has 1 aliphatic heterocycles. The molecule has 0 fully saturated rings. The number of fused-ring (bicyclic) bond motifs is 1. The van der Waals surface area contributed by atoms with Crippen LogP contribution in [0, 0.1) is 10.1 Å². The lowest BCUT2D eigenvalue weighted by Gasteiger charge is -2.12. The van der Waals surface area contributed by atoms with E-state index in [0.717, 1.165) is 18.2 Å². The highest BCUT2D eigenvalue weighted by atomic mass is 32.1. The molecule has 0 aliphatic carbocycles. The molecule has 1 aromatic heterocycles. The Morgan fingerprint density at radius 1 is 1.25 bits per heavy atom. The molecule has 0 bridgehead atoms. The molecule has 0 saturated carbocycles. The van der Waals surface area contributed by atoms with Crippen molar-refractivity contribution in [2.24, 2.45) is 0 Å². The van der Waals surface area contributed by atoms with Crippen LogP contribution in [0.3, 0.4) is 0 Å². The number of carbonyl (C=O) groups excluding carboxylic acids is 1. The second kappa shape index (κ2) is 8.26. The van der Waals surface area contributed by atoms with Crippen LogP contribution in [0.25, 0.3) is 0 Å². The molecule has 166 valence electrons. The number of rotatable bonds is 7. The number of hydrogen-bond donors (Lipinski definition) is 1. The van der Waals surface area contributed by atoms with E-state index in [1.807, 2.05) is 0 Å². The number of amides is 1. The van der Waals surface area contributed by atoms with Gasteiger partial charge in [0.1, 0.15) is 12.2 Å². The van der Waals surface area contributed by atoms with Crippen LogP contribution in [-0.4, -0.2) is 29.2 Å². The molecule has 32 heavy (non-hydrogen) atoms. The number of nitro benzene ring substituents is 1. The Morgan fingerprint density at radius 3 is 2.72 bits per heavy atom. The van der Waals surface area contributed by atoms with Crippen molar-refractivity contribution < 1.29 is 37.4 Å². The predicted octanol–water partition coefficient (Wildman–Crippen LogP) is 4.21. The Labute approximate surface area is 182 Å². The molecular weight excluding hydrogens is 452 g/mol. The lowest BCUT2D eigenvalue weighted by molar-refractivity contribution is -0.385. The van der Waals surface area contributed by atoms with Gasteiger partial charge >= 0.3 is 6.29 Å². The number of aromatic nitrogens is 1. The summed E-state index contributed by atoms with van der Waals surface area (Å²) in [4.78, 5) is 27.7. The molecule has 1 N–H and O–H groups in total. The van der Waals surface area contributed by atoms with Crippen molar-refractivity contribution in [2.45, 2.75) is 12.9 Å². The number of anilines is 1. The van der Waals surface area contributed by atoms with Crippen molar-refractivity contribution in [1.82, 2.24) is 4.98 Å². The van der Waals surface area contributed by atoms with E-state index in [0.29, 0.717) is 5.69 Å². The minimum absolute atomic E-state index is 0.0460. The lowest BCUT2D eigenvalue weighted by atomic mass is 10.1. The van der Waals surface area contributed by atoms with Crippen LogP contribution in [0.1, 0.15) is 16.1 Å². The number of hydrogen-bond acceptors (Lipinski definition) is 9. The Hall–Kier alpha value is -4.00. The molecule has 13 heteroatoms. The zero-order chi connectivity index (χ0) is 22.9. The summed E-state index contributed by atoms with van der Waals surface area (Å²) in [5, 5.41) is 15.7. The van der Waals surface area contributed by atoms with Crippen molar-refractivity contribution in [3.8, 4) is 23.0 Å². The molecule has 0 atom stereocenters. The van der Waals surface area contributed by atoms with Gasteiger partial charge in [0, 0.05) is 23.2 Å². The molecule has 0 unspecified atom stereocenters. The highest BCUT2D eigenvalue weighted by Crippen LogP contribution is 2.42. The molecule has 0 saturated heterocycles. The van der Waals surface area contributed by atoms with Crippen molar-refractivity contribution >= 4 is 28.6 Å². The van der Waals surface area contributed by atoms with Crippen LogP contribution in [0.15, 0.2) is 41.2 Å². The van der Waals surface area contributed by atoms with Crippen LogP contribution in [0.4, 0.5) is 20.2 Å². The van der Waals surface area contributed by atoms with Gasteiger partial charge in [0.15, 0.2) is 23.0 Å². The van der Waals surface area contributed by atoms with Gasteiger partial charge in [0.25, 0.3) is 11.6 Å². The number of nitro groups is 1. The third kappa shape index (κ3) is 4.37. The van der Waals surface area contributed by atoms with Gasteiger partial charge < -0.3 is 24.3 Å². The van der Waals surface area contributed by atoms with Gasteiger partial charge in [-0.25, -0.2) is 4.98 Å². The molecular formula is C19H13F2N3O7S. The fourth-order valence-corrected chi connectivity index (χ4v) is 3.38. The van der Waals surface area contributed by atoms with Gasteiger partial charge in [-0.2, -0.15) is 0 Å². The maximum absolute atomic E-state index is 13.2. The summed E-state index contributed by atoms with van der Waals surface area (Å²) in [5.74, 6) is -1.23. The van der Waals surface area contributed by atoms with Crippen LogP contribution in [0.5, 0.6) is 23.0 Å². The number of ether oxygens (including phenoxy) is 4. The van der Waals surface area contributed by atoms with Gasteiger partial charge in [0.05, 0.1) is 29.3 Å². The third-order valence-electron chi connectivity index (χ3n) is 4.24. The summed E-state index contributed by atoms with van der Waals surface area (Å²) in [6.45, 7) is 0.0460. The summed E-state index contributed by atoms with van der Waals surface area (Å²) in [5.41, 5.74) is 1.44. The fourth-order valence-electron chi connectivity index (χ4n) is 2.84. The van der Waals surface area contributed by atoms with E-state index in [2.05, 4.69) is 19.8 Å². The Bertz CT molecular complexity index is 1190. The normalized spacial score (nSPS) is 13.5. The first-order valence-corrected chi connectivity index (χ1v) is 9.77. The zero-order valence-electron chi connectivity index (χ0n) is 16.2. The van der Waals surface area contributed by atoms with E-state index < -0.39 is 22.8 Å². The first-order valence-electron chi connectivity index (χ1n) is 8.83. The molecule has 1 aliphatic rings. The van der Waals surface area contributed by atoms with E-state index in [-0.39, 0.29) is 40.9 Å². The lowest BCUT2D eigenvalue weighted by Crippen LogP contribution is -2.25. The zero-order valence-corrected chi connectivity index (χ0v) is 17.0. The Balaban J connectivity index is 1.59.